The number of nitrogens with one attached hydrogen (secondary N) is 1. The first-order chi connectivity index (χ1) is 13.5. The molecular formula is C22H20N4O2. The predicted octanol–water partition coefficient (Wildman–Crippen LogP) is 3.76. The molecule has 2 aromatic heterocycles. The summed E-state index contributed by atoms with van der Waals surface area (Å²) in [7, 11) is 0. The average molecular weight is 372 g/mol. The van der Waals surface area contributed by atoms with Crippen LogP contribution >= 0.6 is 0 Å². The summed E-state index contributed by atoms with van der Waals surface area (Å²) in [5.41, 5.74) is 3.51. The maximum absolute atomic E-state index is 12.9. The van der Waals surface area contributed by atoms with E-state index in [0.29, 0.717) is 16.9 Å². The number of rotatable bonds is 5. The van der Waals surface area contributed by atoms with E-state index in [9.17, 15) is 9.90 Å². The van der Waals surface area contributed by atoms with Crippen molar-refractivity contribution in [3.8, 4) is 11.3 Å². The van der Waals surface area contributed by atoms with E-state index in [1.807, 2.05) is 49.4 Å². The lowest BCUT2D eigenvalue weighted by Gasteiger charge is -2.10. The fourth-order valence-electron chi connectivity index (χ4n) is 3.20. The summed E-state index contributed by atoms with van der Waals surface area (Å²) in [6.07, 6.45) is 1.94. The first kappa shape index (κ1) is 17.7. The molecule has 6 nitrogen and oxygen atoms in total. The molecule has 0 bridgehead atoms. The molecule has 2 heterocycles. The molecule has 2 aromatic carbocycles. The van der Waals surface area contributed by atoms with Gasteiger partial charge >= 0.3 is 0 Å². The quantitative estimate of drug-likeness (QED) is 0.523. The van der Waals surface area contributed by atoms with Gasteiger partial charge in [0, 0.05) is 11.8 Å². The lowest BCUT2D eigenvalue weighted by Crippen LogP contribution is -2.25. The molecule has 0 unspecified atom stereocenters. The van der Waals surface area contributed by atoms with Crippen LogP contribution in [0.4, 0.5) is 0 Å². The number of aromatic nitrogens is 4. The highest BCUT2D eigenvalue weighted by molar-refractivity contribution is 5.83. The molecule has 2 N–H and O–H groups in total. The van der Waals surface area contributed by atoms with Crippen LogP contribution in [-0.4, -0.2) is 24.9 Å². The van der Waals surface area contributed by atoms with Crippen molar-refractivity contribution < 1.29 is 5.11 Å². The van der Waals surface area contributed by atoms with Crippen molar-refractivity contribution in [1.29, 1.82) is 0 Å². The lowest BCUT2D eigenvalue weighted by atomic mass is 10.1. The second-order valence-corrected chi connectivity index (χ2v) is 6.81. The Morgan fingerprint density at radius 1 is 1.14 bits per heavy atom. The number of benzene rings is 2. The second kappa shape index (κ2) is 7.15. The minimum atomic E-state index is -0.198. The monoisotopic (exact) mass is 372 g/mol. The predicted molar refractivity (Wildman–Crippen MR) is 109 cm³/mol. The van der Waals surface area contributed by atoms with Crippen molar-refractivity contribution in [1.82, 2.24) is 19.7 Å². The smallest absolute Gasteiger partial charge is 0.275 e. The molecule has 0 saturated heterocycles. The zero-order valence-electron chi connectivity index (χ0n) is 15.5. The molecule has 0 radical (unpaired) electrons. The van der Waals surface area contributed by atoms with Crippen LogP contribution in [0.3, 0.4) is 0 Å². The molecule has 0 atom stereocenters. The number of fused-ring (bicyclic) bond motifs is 1. The summed E-state index contributed by atoms with van der Waals surface area (Å²) in [4.78, 5) is 20.5. The number of imidazole rings is 1. The van der Waals surface area contributed by atoms with Crippen molar-refractivity contribution in [3.63, 3.8) is 0 Å². The van der Waals surface area contributed by atoms with Crippen molar-refractivity contribution >= 4 is 10.8 Å². The van der Waals surface area contributed by atoms with Gasteiger partial charge in [-0.25, -0.2) is 9.67 Å². The van der Waals surface area contributed by atoms with Gasteiger partial charge in [-0.3, -0.25) is 4.79 Å². The summed E-state index contributed by atoms with van der Waals surface area (Å²) >= 11 is 0. The first-order valence-electron chi connectivity index (χ1n) is 8.97. The molecule has 0 fully saturated rings. The van der Waals surface area contributed by atoms with Crippen molar-refractivity contribution in [2.75, 3.05) is 0 Å². The third-order valence-electron chi connectivity index (χ3n) is 4.61. The van der Waals surface area contributed by atoms with Crippen LogP contribution in [0.15, 0.2) is 71.9 Å². The average Bonchev–Trinajstić information content (AvgIpc) is 3.14. The molecule has 0 spiro atoms. The van der Waals surface area contributed by atoms with E-state index in [1.165, 1.54) is 10.2 Å². The van der Waals surface area contributed by atoms with Crippen LogP contribution in [0.5, 0.6) is 0 Å². The molecule has 0 aliphatic rings. The van der Waals surface area contributed by atoms with Crippen LogP contribution in [0, 0.1) is 6.92 Å². The fraction of sp³-hybridized carbons (Fsp3) is 0.136. The molecule has 0 aliphatic carbocycles. The maximum Gasteiger partial charge on any atom is 0.275 e. The molecule has 0 saturated carbocycles. The standard InChI is InChI=1S/C22H20N4O2/c1-14-7-9-16(10-8-14)20-12-23-21(24-20)13-26-22(28)18-6-4-3-5-17(18)19(25-26)11-15(2)27/h3-10,12,27H,2,11,13H2,1H3,(H,23,24). The van der Waals surface area contributed by atoms with Gasteiger partial charge in [-0.1, -0.05) is 54.6 Å². The highest BCUT2D eigenvalue weighted by atomic mass is 16.3. The minimum absolute atomic E-state index is 0.00232. The Morgan fingerprint density at radius 3 is 2.57 bits per heavy atom. The molecule has 4 rings (SSSR count). The topological polar surface area (TPSA) is 83.8 Å². The van der Waals surface area contributed by atoms with Crippen LogP contribution < -0.4 is 5.56 Å². The molecular weight excluding hydrogens is 352 g/mol. The van der Waals surface area contributed by atoms with Gasteiger partial charge in [0.1, 0.15) is 12.4 Å². The molecule has 4 aromatic rings. The van der Waals surface area contributed by atoms with Gasteiger partial charge in [-0.05, 0) is 18.6 Å². The van der Waals surface area contributed by atoms with Gasteiger partial charge < -0.3 is 10.1 Å². The number of aryl methyl sites for hydroxylation is 1. The van der Waals surface area contributed by atoms with Gasteiger partial charge in [-0.2, -0.15) is 5.10 Å². The van der Waals surface area contributed by atoms with Crippen LogP contribution in [0.25, 0.3) is 22.0 Å². The number of aliphatic hydroxyl groups is 1. The Morgan fingerprint density at radius 2 is 1.86 bits per heavy atom. The number of aliphatic hydroxyl groups excluding tert-OH is 1. The lowest BCUT2D eigenvalue weighted by molar-refractivity contribution is 0.399. The fourth-order valence-corrected chi connectivity index (χ4v) is 3.20. The SMILES string of the molecule is C=C(O)Cc1nn(Cc2ncc(-c3ccc(C)cc3)[nH]2)c(=O)c2ccccc12. The highest BCUT2D eigenvalue weighted by Gasteiger charge is 2.13. The Labute approximate surface area is 161 Å². The Hall–Kier alpha value is -3.67. The van der Waals surface area contributed by atoms with Crippen molar-refractivity contribution in [2.24, 2.45) is 0 Å². The number of nitrogens with zero attached hydrogens (tertiary/aromatic N) is 3. The van der Waals surface area contributed by atoms with Gasteiger partial charge in [-0.15, -0.1) is 0 Å². The highest BCUT2D eigenvalue weighted by Crippen LogP contribution is 2.18. The molecule has 28 heavy (non-hydrogen) atoms. The zero-order valence-corrected chi connectivity index (χ0v) is 15.5. The maximum atomic E-state index is 12.9. The van der Waals surface area contributed by atoms with E-state index < -0.39 is 0 Å². The Balaban J connectivity index is 1.72. The van der Waals surface area contributed by atoms with Gasteiger partial charge in [0.05, 0.1) is 28.7 Å². The third-order valence-corrected chi connectivity index (χ3v) is 4.61. The van der Waals surface area contributed by atoms with Gasteiger partial charge in [0.25, 0.3) is 5.56 Å². The van der Waals surface area contributed by atoms with E-state index in [2.05, 4.69) is 21.6 Å². The van der Waals surface area contributed by atoms with Crippen LogP contribution in [0.2, 0.25) is 0 Å². The van der Waals surface area contributed by atoms with Crippen molar-refractivity contribution in [2.45, 2.75) is 19.9 Å². The van der Waals surface area contributed by atoms with Crippen LogP contribution in [-0.2, 0) is 13.0 Å². The number of hydrogen-bond donors (Lipinski definition) is 2. The number of H-pyrrole nitrogens is 1. The molecule has 140 valence electrons. The summed E-state index contributed by atoms with van der Waals surface area (Å²) in [6, 6.07) is 15.4. The Kier molecular flexibility index (Phi) is 4.53. The van der Waals surface area contributed by atoms with E-state index in [0.717, 1.165) is 16.6 Å². The van der Waals surface area contributed by atoms with Crippen molar-refractivity contribution in [3.05, 3.63) is 94.5 Å². The summed E-state index contributed by atoms with van der Waals surface area (Å²) < 4.78 is 1.37. The second-order valence-electron chi connectivity index (χ2n) is 6.81. The molecule has 0 amide bonds. The van der Waals surface area contributed by atoms with Gasteiger partial charge in [0.2, 0.25) is 0 Å². The minimum Gasteiger partial charge on any atom is -0.513 e. The molecule has 0 aliphatic heterocycles. The van der Waals surface area contributed by atoms with E-state index in [4.69, 9.17) is 0 Å². The third kappa shape index (κ3) is 3.44. The normalized spacial score (nSPS) is 11.0. The van der Waals surface area contributed by atoms with Gasteiger partial charge in [0.15, 0.2) is 0 Å². The van der Waals surface area contributed by atoms with E-state index >= 15 is 0 Å². The summed E-state index contributed by atoms with van der Waals surface area (Å²) in [6.45, 7) is 5.80. The molecule has 6 heteroatoms. The van der Waals surface area contributed by atoms with E-state index in [-0.39, 0.29) is 24.3 Å². The summed E-state index contributed by atoms with van der Waals surface area (Å²) in [5, 5.41) is 15.4. The number of allylic oxidation sites excluding steroid dienone is 1. The number of aromatic amines is 1. The summed E-state index contributed by atoms with van der Waals surface area (Å²) in [5.74, 6) is 0.636. The van der Waals surface area contributed by atoms with E-state index in [1.54, 1.807) is 12.3 Å². The Bertz CT molecular complexity index is 1220. The number of hydrogen-bond acceptors (Lipinski definition) is 4. The largest absolute Gasteiger partial charge is 0.513 e. The first-order valence-corrected chi connectivity index (χ1v) is 8.97. The zero-order chi connectivity index (χ0) is 19.7. The van der Waals surface area contributed by atoms with Crippen LogP contribution in [0.1, 0.15) is 17.1 Å².